The maximum atomic E-state index is 13.1. The molecule has 3 rings (SSSR count). The van der Waals surface area contributed by atoms with Gasteiger partial charge in [-0.15, -0.1) is 0 Å². The third-order valence-electron chi connectivity index (χ3n) is 3.09. The molecule has 108 valence electrons. The second-order valence-corrected chi connectivity index (χ2v) is 5.62. The number of halogens is 1. The molecule has 0 saturated carbocycles. The zero-order chi connectivity index (χ0) is 14.8. The van der Waals surface area contributed by atoms with Gasteiger partial charge in [-0.2, -0.15) is 0 Å². The highest BCUT2D eigenvalue weighted by molar-refractivity contribution is 7.17. The number of anilines is 1. The summed E-state index contributed by atoms with van der Waals surface area (Å²) in [4.78, 5) is 28.6. The average molecular weight is 305 g/mol. The molecule has 1 aliphatic rings. The lowest BCUT2D eigenvalue weighted by molar-refractivity contribution is 0.0958. The van der Waals surface area contributed by atoms with Crippen LogP contribution in [0.4, 0.5) is 9.52 Å². The number of carbonyl (C=O) groups excluding carboxylic acids is 2. The molecule has 2 amide bonds. The van der Waals surface area contributed by atoms with Gasteiger partial charge in [0, 0.05) is 12.1 Å². The molecule has 0 atom stereocenters. The normalized spacial score (nSPS) is 14.0. The third kappa shape index (κ3) is 2.92. The van der Waals surface area contributed by atoms with E-state index >= 15 is 0 Å². The van der Waals surface area contributed by atoms with Crippen LogP contribution in [0.25, 0.3) is 0 Å². The zero-order valence-corrected chi connectivity index (χ0v) is 11.8. The van der Waals surface area contributed by atoms with E-state index in [2.05, 4.69) is 15.6 Å². The first kappa shape index (κ1) is 13.7. The molecule has 21 heavy (non-hydrogen) atoms. The lowest BCUT2D eigenvalue weighted by Crippen LogP contribution is -2.21. The van der Waals surface area contributed by atoms with Crippen molar-refractivity contribution in [2.24, 2.45) is 0 Å². The first-order valence-electron chi connectivity index (χ1n) is 6.48. The number of nitrogens with zero attached hydrogens (tertiary/aromatic N) is 1. The number of nitrogens with one attached hydrogen (secondary N) is 2. The van der Waals surface area contributed by atoms with Crippen LogP contribution in [0.5, 0.6) is 0 Å². The molecule has 0 unspecified atom stereocenters. The summed E-state index contributed by atoms with van der Waals surface area (Å²) in [5.74, 6) is -1.08. The van der Waals surface area contributed by atoms with Crippen LogP contribution in [0.2, 0.25) is 0 Å². The van der Waals surface area contributed by atoms with Crippen molar-refractivity contribution in [3.8, 4) is 0 Å². The van der Waals surface area contributed by atoms with E-state index in [4.69, 9.17) is 0 Å². The fourth-order valence-electron chi connectivity index (χ4n) is 2.09. The summed E-state index contributed by atoms with van der Waals surface area (Å²) in [6, 6.07) is 5.41. The molecule has 0 fully saturated rings. The maximum Gasteiger partial charge on any atom is 0.263 e. The Balaban J connectivity index is 1.81. The van der Waals surface area contributed by atoms with Crippen LogP contribution in [0.3, 0.4) is 0 Å². The van der Waals surface area contributed by atoms with E-state index in [1.165, 1.54) is 18.2 Å². The largest absolute Gasteiger partial charge is 0.351 e. The fraction of sp³-hybridized carbons (Fsp3) is 0.214. The number of aryl methyl sites for hydroxylation is 1. The Morgan fingerprint density at radius 2 is 2.29 bits per heavy atom. The van der Waals surface area contributed by atoms with Gasteiger partial charge in [0.1, 0.15) is 10.7 Å². The molecule has 0 spiro atoms. The minimum atomic E-state index is -0.475. The van der Waals surface area contributed by atoms with Crippen LogP contribution in [-0.4, -0.2) is 23.3 Å². The van der Waals surface area contributed by atoms with Crippen molar-refractivity contribution in [1.29, 1.82) is 0 Å². The molecule has 0 bridgehead atoms. The van der Waals surface area contributed by atoms with Crippen molar-refractivity contribution >= 4 is 28.3 Å². The number of aromatic nitrogens is 1. The van der Waals surface area contributed by atoms with E-state index in [1.807, 2.05) is 0 Å². The Morgan fingerprint density at radius 1 is 1.43 bits per heavy atom. The number of hydrogen-bond donors (Lipinski definition) is 2. The molecular weight excluding hydrogens is 293 g/mol. The predicted molar refractivity (Wildman–Crippen MR) is 77.1 cm³/mol. The summed E-state index contributed by atoms with van der Waals surface area (Å²) in [5.41, 5.74) is 0.911. The molecule has 0 saturated heterocycles. The highest BCUT2D eigenvalue weighted by Gasteiger charge is 2.21. The van der Waals surface area contributed by atoms with Gasteiger partial charge in [-0.1, -0.05) is 17.4 Å². The molecule has 2 N–H and O–H groups in total. The molecule has 0 aliphatic carbocycles. The van der Waals surface area contributed by atoms with Crippen LogP contribution in [0.15, 0.2) is 24.3 Å². The van der Waals surface area contributed by atoms with Crippen molar-refractivity contribution < 1.29 is 14.0 Å². The van der Waals surface area contributed by atoms with Crippen molar-refractivity contribution in [1.82, 2.24) is 10.3 Å². The number of hydrogen-bond acceptors (Lipinski definition) is 4. The van der Waals surface area contributed by atoms with Gasteiger partial charge in [0.05, 0.1) is 5.69 Å². The number of amides is 2. The minimum Gasteiger partial charge on any atom is -0.351 e. The quantitative estimate of drug-likeness (QED) is 0.893. The van der Waals surface area contributed by atoms with Crippen LogP contribution >= 0.6 is 11.3 Å². The Hall–Kier alpha value is -2.28. The second kappa shape index (κ2) is 5.61. The van der Waals surface area contributed by atoms with Crippen LogP contribution < -0.4 is 10.6 Å². The Morgan fingerprint density at radius 3 is 3.10 bits per heavy atom. The summed E-state index contributed by atoms with van der Waals surface area (Å²) in [7, 11) is 0. The molecular formula is C14H12FN3O2S. The predicted octanol–water partition coefficient (Wildman–Crippen LogP) is 2.21. The summed E-state index contributed by atoms with van der Waals surface area (Å²) in [6.45, 7) is 0.632. The van der Waals surface area contributed by atoms with E-state index < -0.39 is 11.7 Å². The first-order chi connectivity index (χ1) is 10.1. The standard InChI is InChI=1S/C14H12FN3O2S/c15-9-4-1-3-8(7-9)12(19)18-14-17-10-5-2-6-16-13(20)11(10)21-14/h1,3-4,7H,2,5-6H2,(H,16,20)(H,17,18,19). The first-order valence-corrected chi connectivity index (χ1v) is 7.30. The van der Waals surface area contributed by atoms with Crippen molar-refractivity contribution in [2.75, 3.05) is 11.9 Å². The van der Waals surface area contributed by atoms with Crippen LogP contribution in [-0.2, 0) is 6.42 Å². The lowest BCUT2D eigenvalue weighted by Gasteiger charge is -2.01. The SMILES string of the molecule is O=C(Nc1nc2c(s1)C(=O)NCCC2)c1cccc(F)c1. The van der Waals surface area contributed by atoms with Gasteiger partial charge in [0.25, 0.3) is 11.8 Å². The number of fused-ring (bicyclic) bond motifs is 1. The smallest absolute Gasteiger partial charge is 0.263 e. The van der Waals surface area contributed by atoms with E-state index in [0.717, 1.165) is 23.8 Å². The number of thiazole rings is 1. The maximum absolute atomic E-state index is 13.1. The molecule has 0 radical (unpaired) electrons. The van der Waals surface area contributed by atoms with Gasteiger partial charge in [0.15, 0.2) is 5.13 Å². The van der Waals surface area contributed by atoms with Crippen molar-refractivity contribution in [3.63, 3.8) is 0 Å². The molecule has 7 heteroatoms. The Labute approximate surface area is 124 Å². The Bertz CT molecular complexity index is 714. The van der Waals surface area contributed by atoms with Gasteiger partial charge >= 0.3 is 0 Å². The van der Waals surface area contributed by atoms with E-state index in [-0.39, 0.29) is 11.5 Å². The average Bonchev–Trinajstić information content (AvgIpc) is 2.78. The summed E-state index contributed by atoms with van der Waals surface area (Å²) < 4.78 is 13.1. The van der Waals surface area contributed by atoms with Gasteiger partial charge < -0.3 is 5.32 Å². The van der Waals surface area contributed by atoms with Gasteiger partial charge in [0.2, 0.25) is 0 Å². The molecule has 1 aromatic heterocycles. The fourth-order valence-corrected chi connectivity index (χ4v) is 3.01. The number of rotatable bonds is 2. The second-order valence-electron chi connectivity index (χ2n) is 4.62. The minimum absolute atomic E-state index is 0.161. The van der Waals surface area contributed by atoms with Gasteiger partial charge in [-0.25, -0.2) is 9.37 Å². The van der Waals surface area contributed by atoms with Crippen LogP contribution in [0.1, 0.15) is 32.1 Å². The van der Waals surface area contributed by atoms with E-state index in [1.54, 1.807) is 0 Å². The lowest BCUT2D eigenvalue weighted by atomic mass is 10.2. The molecule has 1 aliphatic heterocycles. The Kier molecular flexibility index (Phi) is 3.66. The summed E-state index contributed by atoms with van der Waals surface area (Å²) in [5, 5.41) is 5.73. The van der Waals surface area contributed by atoms with Crippen molar-refractivity contribution in [2.45, 2.75) is 12.8 Å². The topological polar surface area (TPSA) is 71.1 Å². The number of carbonyl (C=O) groups is 2. The molecule has 2 aromatic rings. The van der Waals surface area contributed by atoms with Gasteiger partial charge in [-0.3, -0.25) is 14.9 Å². The van der Waals surface area contributed by atoms with E-state index in [0.29, 0.717) is 28.7 Å². The third-order valence-corrected chi connectivity index (χ3v) is 4.10. The van der Waals surface area contributed by atoms with Crippen molar-refractivity contribution in [3.05, 3.63) is 46.2 Å². The zero-order valence-electron chi connectivity index (χ0n) is 11.0. The summed E-state index contributed by atoms with van der Waals surface area (Å²) in [6.07, 6.45) is 1.51. The van der Waals surface area contributed by atoms with Gasteiger partial charge in [-0.05, 0) is 31.0 Å². The number of benzene rings is 1. The molecule has 2 heterocycles. The van der Waals surface area contributed by atoms with E-state index in [9.17, 15) is 14.0 Å². The molecule has 5 nitrogen and oxygen atoms in total. The summed E-state index contributed by atoms with van der Waals surface area (Å²) >= 11 is 1.14. The highest BCUT2D eigenvalue weighted by atomic mass is 32.1. The monoisotopic (exact) mass is 305 g/mol. The highest BCUT2D eigenvalue weighted by Crippen LogP contribution is 2.26. The van der Waals surface area contributed by atoms with Crippen LogP contribution in [0, 0.1) is 5.82 Å². The molecule has 1 aromatic carbocycles.